The van der Waals surface area contributed by atoms with E-state index in [9.17, 15) is 14.4 Å². The van der Waals surface area contributed by atoms with E-state index in [1.165, 1.54) is 0 Å². The number of amides is 2. The number of nitrogens with one attached hydrogen (secondary N) is 1. The number of ketones is 1. The highest BCUT2D eigenvalue weighted by Gasteiger charge is 2.35. The van der Waals surface area contributed by atoms with Gasteiger partial charge in [0.2, 0.25) is 17.6 Å². The summed E-state index contributed by atoms with van der Waals surface area (Å²) in [6, 6.07) is 13.7. The number of para-hydroxylation sites is 1. The Balaban J connectivity index is 1.42. The summed E-state index contributed by atoms with van der Waals surface area (Å²) in [5, 5.41) is 3.29. The van der Waals surface area contributed by atoms with Crippen molar-refractivity contribution in [3.63, 3.8) is 0 Å². The average molecular weight is 423 g/mol. The number of carbonyl (C=O) groups is 3. The third-order valence-corrected chi connectivity index (χ3v) is 5.40. The number of carbonyl (C=O) groups excluding carboxylic acids is 3. The SMILES string of the molecule is Cn1ccnc1C(=O)c1ccc(NC(=O)[C@@H]2CC(=O)N(c3ccccc3Cl)C2)cc1. The number of aryl methyl sites for hydroxylation is 1. The fraction of sp³-hybridized carbons (Fsp3) is 0.182. The first-order valence-electron chi connectivity index (χ1n) is 9.42. The van der Waals surface area contributed by atoms with Crippen molar-refractivity contribution in [2.24, 2.45) is 13.0 Å². The Morgan fingerprint density at radius 3 is 2.53 bits per heavy atom. The van der Waals surface area contributed by atoms with Crippen LogP contribution in [-0.4, -0.2) is 33.7 Å². The van der Waals surface area contributed by atoms with Crippen molar-refractivity contribution in [3.8, 4) is 0 Å². The second-order valence-corrected chi connectivity index (χ2v) is 7.52. The van der Waals surface area contributed by atoms with E-state index in [1.807, 2.05) is 0 Å². The maximum absolute atomic E-state index is 12.7. The molecular weight excluding hydrogens is 404 g/mol. The zero-order valence-corrected chi connectivity index (χ0v) is 17.0. The summed E-state index contributed by atoms with van der Waals surface area (Å²) in [5.74, 6) is -0.726. The number of nitrogens with zero attached hydrogens (tertiary/aromatic N) is 3. The van der Waals surface area contributed by atoms with E-state index in [0.29, 0.717) is 27.8 Å². The summed E-state index contributed by atoms with van der Waals surface area (Å²) in [6.07, 6.45) is 3.39. The quantitative estimate of drug-likeness (QED) is 0.639. The van der Waals surface area contributed by atoms with Crippen molar-refractivity contribution in [2.75, 3.05) is 16.8 Å². The topological polar surface area (TPSA) is 84.3 Å². The fourth-order valence-corrected chi connectivity index (χ4v) is 3.69. The van der Waals surface area contributed by atoms with E-state index in [1.54, 1.807) is 77.4 Å². The molecule has 0 saturated carbocycles. The van der Waals surface area contributed by atoms with Gasteiger partial charge in [-0.3, -0.25) is 14.4 Å². The molecule has 1 aromatic heterocycles. The average Bonchev–Trinajstić information content (AvgIpc) is 3.34. The van der Waals surface area contributed by atoms with Crippen LogP contribution in [0.4, 0.5) is 11.4 Å². The van der Waals surface area contributed by atoms with E-state index in [4.69, 9.17) is 11.6 Å². The molecule has 2 heterocycles. The van der Waals surface area contributed by atoms with Gasteiger partial charge in [-0.25, -0.2) is 4.98 Å². The molecule has 0 spiro atoms. The molecule has 8 heteroatoms. The molecule has 1 N–H and O–H groups in total. The lowest BCUT2D eigenvalue weighted by Gasteiger charge is -2.18. The monoisotopic (exact) mass is 422 g/mol. The highest BCUT2D eigenvalue weighted by atomic mass is 35.5. The molecule has 1 atom stereocenters. The molecule has 2 amide bonds. The van der Waals surface area contributed by atoms with Gasteiger partial charge in [-0.15, -0.1) is 0 Å². The lowest BCUT2D eigenvalue weighted by Crippen LogP contribution is -2.28. The Labute approximate surface area is 178 Å². The summed E-state index contributed by atoms with van der Waals surface area (Å²) < 4.78 is 1.65. The molecule has 30 heavy (non-hydrogen) atoms. The second kappa shape index (κ2) is 8.12. The first kappa shape index (κ1) is 19.8. The van der Waals surface area contributed by atoms with Gasteiger partial charge in [-0.05, 0) is 36.4 Å². The van der Waals surface area contributed by atoms with Crippen molar-refractivity contribution in [3.05, 3.63) is 77.3 Å². The fourth-order valence-electron chi connectivity index (χ4n) is 3.45. The first-order chi connectivity index (χ1) is 14.4. The summed E-state index contributed by atoms with van der Waals surface area (Å²) >= 11 is 6.19. The minimum Gasteiger partial charge on any atom is -0.331 e. The van der Waals surface area contributed by atoms with Crippen LogP contribution in [0.1, 0.15) is 22.6 Å². The maximum Gasteiger partial charge on any atom is 0.229 e. The lowest BCUT2D eigenvalue weighted by molar-refractivity contribution is -0.122. The maximum atomic E-state index is 12.7. The Hall–Kier alpha value is -3.45. The van der Waals surface area contributed by atoms with Crippen molar-refractivity contribution in [1.29, 1.82) is 0 Å². The molecular formula is C22H19ClN4O3. The van der Waals surface area contributed by atoms with Crippen LogP contribution in [0, 0.1) is 5.92 Å². The number of hydrogen-bond acceptors (Lipinski definition) is 4. The number of benzene rings is 2. The number of rotatable bonds is 5. The van der Waals surface area contributed by atoms with E-state index in [-0.39, 0.29) is 30.6 Å². The zero-order valence-electron chi connectivity index (χ0n) is 16.2. The largest absolute Gasteiger partial charge is 0.331 e. The molecule has 0 radical (unpaired) electrons. The minimum atomic E-state index is -0.484. The van der Waals surface area contributed by atoms with E-state index < -0.39 is 5.92 Å². The molecule has 2 aromatic carbocycles. The predicted molar refractivity (Wildman–Crippen MR) is 114 cm³/mol. The standard InChI is InChI=1S/C22H19ClN4O3/c1-26-11-10-24-21(26)20(29)14-6-8-16(9-7-14)25-22(30)15-12-19(28)27(13-15)18-5-3-2-4-17(18)23/h2-11,15H,12-13H2,1H3,(H,25,30)/t15-/m1/s1. The molecule has 0 bridgehead atoms. The van der Waals surface area contributed by atoms with Crippen LogP contribution >= 0.6 is 11.6 Å². The molecule has 3 aromatic rings. The van der Waals surface area contributed by atoms with Crippen LogP contribution in [0.5, 0.6) is 0 Å². The second-order valence-electron chi connectivity index (χ2n) is 7.11. The van der Waals surface area contributed by atoms with E-state index in [2.05, 4.69) is 10.3 Å². The molecule has 1 fully saturated rings. The lowest BCUT2D eigenvalue weighted by atomic mass is 10.1. The van der Waals surface area contributed by atoms with Gasteiger partial charge in [0.25, 0.3) is 0 Å². The summed E-state index contributed by atoms with van der Waals surface area (Å²) in [4.78, 5) is 43.1. The van der Waals surface area contributed by atoms with E-state index in [0.717, 1.165) is 0 Å². The van der Waals surface area contributed by atoms with Gasteiger partial charge in [-0.2, -0.15) is 0 Å². The van der Waals surface area contributed by atoms with Gasteiger partial charge in [-0.1, -0.05) is 23.7 Å². The van der Waals surface area contributed by atoms with Crippen LogP contribution in [0.3, 0.4) is 0 Å². The third kappa shape index (κ3) is 3.84. The van der Waals surface area contributed by atoms with Crippen LogP contribution in [0.15, 0.2) is 60.9 Å². The smallest absolute Gasteiger partial charge is 0.229 e. The molecule has 4 rings (SSSR count). The van der Waals surface area contributed by atoms with Gasteiger partial charge >= 0.3 is 0 Å². The van der Waals surface area contributed by atoms with Gasteiger partial charge in [0, 0.05) is 43.7 Å². The number of halogens is 1. The van der Waals surface area contributed by atoms with Crippen molar-refractivity contribution < 1.29 is 14.4 Å². The number of anilines is 2. The highest BCUT2D eigenvalue weighted by molar-refractivity contribution is 6.34. The molecule has 0 unspecified atom stereocenters. The minimum absolute atomic E-state index is 0.118. The van der Waals surface area contributed by atoms with E-state index >= 15 is 0 Å². The van der Waals surface area contributed by atoms with Gasteiger partial charge in [0.15, 0.2) is 5.82 Å². The van der Waals surface area contributed by atoms with Gasteiger partial charge < -0.3 is 14.8 Å². The van der Waals surface area contributed by atoms with Crippen LogP contribution in [0.25, 0.3) is 0 Å². The normalized spacial score (nSPS) is 16.0. The Morgan fingerprint density at radius 2 is 1.87 bits per heavy atom. The van der Waals surface area contributed by atoms with Crippen molar-refractivity contribution in [1.82, 2.24) is 9.55 Å². The summed E-state index contributed by atoms with van der Waals surface area (Å²) in [6.45, 7) is 0.268. The van der Waals surface area contributed by atoms with Crippen LogP contribution < -0.4 is 10.2 Å². The molecule has 1 aliphatic rings. The van der Waals surface area contributed by atoms with Crippen LogP contribution in [-0.2, 0) is 16.6 Å². The number of aromatic nitrogens is 2. The molecule has 152 valence electrons. The number of hydrogen-bond donors (Lipinski definition) is 1. The Morgan fingerprint density at radius 1 is 1.13 bits per heavy atom. The number of imidazole rings is 1. The third-order valence-electron chi connectivity index (χ3n) is 5.08. The van der Waals surface area contributed by atoms with Crippen LogP contribution in [0.2, 0.25) is 5.02 Å². The van der Waals surface area contributed by atoms with Crippen molar-refractivity contribution >= 4 is 40.6 Å². The molecule has 7 nitrogen and oxygen atoms in total. The van der Waals surface area contributed by atoms with Gasteiger partial charge in [0.05, 0.1) is 16.6 Å². The van der Waals surface area contributed by atoms with Gasteiger partial charge in [0.1, 0.15) is 0 Å². The summed E-state index contributed by atoms with van der Waals surface area (Å²) in [7, 11) is 1.75. The molecule has 1 saturated heterocycles. The summed E-state index contributed by atoms with van der Waals surface area (Å²) in [5.41, 5.74) is 1.64. The Bertz CT molecular complexity index is 1120. The Kier molecular flexibility index (Phi) is 5.37. The predicted octanol–water partition coefficient (Wildman–Crippen LogP) is 3.30. The molecule has 0 aliphatic carbocycles. The highest BCUT2D eigenvalue weighted by Crippen LogP contribution is 2.31. The zero-order chi connectivity index (χ0) is 21.3. The molecule has 1 aliphatic heterocycles. The van der Waals surface area contributed by atoms with Crippen molar-refractivity contribution in [2.45, 2.75) is 6.42 Å². The first-order valence-corrected chi connectivity index (χ1v) is 9.79.